The Morgan fingerprint density at radius 3 is 2.89 bits per heavy atom. The van der Waals surface area contributed by atoms with Crippen molar-refractivity contribution in [2.24, 2.45) is 5.41 Å². The van der Waals surface area contributed by atoms with Crippen LogP contribution in [0.15, 0.2) is 42.7 Å². The summed E-state index contributed by atoms with van der Waals surface area (Å²) in [6.45, 7) is 3.80. The zero-order chi connectivity index (χ0) is 18.9. The van der Waals surface area contributed by atoms with Gasteiger partial charge in [0, 0.05) is 37.8 Å². The van der Waals surface area contributed by atoms with E-state index in [2.05, 4.69) is 29.2 Å². The molecule has 27 heavy (non-hydrogen) atoms. The first kappa shape index (κ1) is 18.2. The molecule has 4 rings (SSSR count). The van der Waals surface area contributed by atoms with Crippen LogP contribution in [-0.4, -0.2) is 69.9 Å². The van der Waals surface area contributed by atoms with Crippen molar-refractivity contribution in [2.75, 3.05) is 33.2 Å². The number of aliphatic hydroxyl groups excluding tert-OH is 1. The highest BCUT2D eigenvalue weighted by Gasteiger charge is 2.45. The van der Waals surface area contributed by atoms with Crippen molar-refractivity contribution in [2.45, 2.75) is 31.9 Å². The van der Waals surface area contributed by atoms with Gasteiger partial charge < -0.3 is 14.9 Å². The summed E-state index contributed by atoms with van der Waals surface area (Å²) in [6, 6.07) is 10.1. The molecule has 1 amide bonds. The topological polar surface area (TPSA) is 61.6 Å². The molecule has 2 aromatic rings. The van der Waals surface area contributed by atoms with Crippen LogP contribution < -0.4 is 0 Å². The summed E-state index contributed by atoms with van der Waals surface area (Å²) in [4.78, 5) is 17.2. The van der Waals surface area contributed by atoms with Gasteiger partial charge in [0.05, 0.1) is 24.4 Å². The minimum atomic E-state index is -0.329. The quantitative estimate of drug-likeness (QED) is 0.898. The molecule has 0 bridgehead atoms. The van der Waals surface area contributed by atoms with Gasteiger partial charge in [-0.25, -0.2) is 0 Å². The van der Waals surface area contributed by atoms with Gasteiger partial charge in [0.2, 0.25) is 0 Å². The molecule has 2 fully saturated rings. The SMILES string of the molecule is CN1CC[C@H](O)[C@@]2(CCCN(C(=O)c3cnn(Cc4ccccc4)c3)C2)C1. The van der Waals surface area contributed by atoms with Crippen molar-refractivity contribution in [3.8, 4) is 0 Å². The van der Waals surface area contributed by atoms with Crippen LogP contribution in [0, 0.1) is 5.41 Å². The third kappa shape index (κ3) is 3.77. The largest absolute Gasteiger partial charge is 0.392 e. The third-order valence-electron chi connectivity index (χ3n) is 6.04. The van der Waals surface area contributed by atoms with E-state index in [1.165, 1.54) is 0 Å². The summed E-state index contributed by atoms with van der Waals surface area (Å²) in [6.07, 6.45) is 5.87. The number of carbonyl (C=O) groups is 1. The lowest BCUT2D eigenvalue weighted by Gasteiger charge is -2.50. The predicted molar refractivity (Wildman–Crippen MR) is 103 cm³/mol. The van der Waals surface area contributed by atoms with Crippen LogP contribution in [0.1, 0.15) is 35.2 Å². The van der Waals surface area contributed by atoms with Gasteiger partial charge in [0.25, 0.3) is 5.91 Å². The number of aliphatic hydroxyl groups is 1. The maximum absolute atomic E-state index is 13.1. The second-order valence-corrected chi connectivity index (χ2v) is 8.15. The zero-order valence-corrected chi connectivity index (χ0v) is 15.9. The van der Waals surface area contributed by atoms with Crippen molar-refractivity contribution < 1.29 is 9.90 Å². The van der Waals surface area contributed by atoms with E-state index in [1.807, 2.05) is 34.0 Å². The Morgan fingerprint density at radius 2 is 2.07 bits per heavy atom. The molecule has 2 aliphatic heterocycles. The van der Waals surface area contributed by atoms with Gasteiger partial charge in [-0.3, -0.25) is 9.48 Å². The molecule has 0 aliphatic carbocycles. The van der Waals surface area contributed by atoms with E-state index in [9.17, 15) is 9.90 Å². The highest BCUT2D eigenvalue weighted by molar-refractivity contribution is 5.93. The van der Waals surface area contributed by atoms with Crippen LogP contribution in [0.3, 0.4) is 0 Å². The molecule has 0 unspecified atom stereocenters. The molecule has 1 aromatic carbocycles. The number of benzene rings is 1. The van der Waals surface area contributed by atoms with E-state index < -0.39 is 0 Å². The van der Waals surface area contributed by atoms with Gasteiger partial charge in [0.1, 0.15) is 0 Å². The molecule has 6 heteroatoms. The fraction of sp³-hybridized carbons (Fsp3) is 0.524. The van der Waals surface area contributed by atoms with Crippen molar-refractivity contribution in [3.05, 3.63) is 53.9 Å². The van der Waals surface area contributed by atoms with Gasteiger partial charge in [0.15, 0.2) is 0 Å². The van der Waals surface area contributed by atoms with Gasteiger partial charge >= 0.3 is 0 Å². The average molecular weight is 368 g/mol. The molecule has 6 nitrogen and oxygen atoms in total. The minimum Gasteiger partial charge on any atom is -0.392 e. The Balaban J connectivity index is 1.46. The van der Waals surface area contributed by atoms with Crippen LogP contribution in [0.2, 0.25) is 0 Å². The molecule has 1 N–H and O–H groups in total. The highest BCUT2D eigenvalue weighted by Crippen LogP contribution is 2.38. The first-order chi connectivity index (χ1) is 13.1. The Morgan fingerprint density at radius 1 is 1.26 bits per heavy atom. The standard InChI is InChI=1S/C21H28N4O2/c1-23-11-8-19(26)21(15-23)9-5-10-24(16-21)20(27)18-12-22-25(14-18)13-17-6-3-2-4-7-17/h2-4,6-7,12,14,19,26H,5,8-11,13,15-16H2,1H3/t19-,21-/m0/s1. The Kier molecular flexibility index (Phi) is 5.02. The molecule has 2 aliphatic rings. The molecule has 0 saturated carbocycles. The summed E-state index contributed by atoms with van der Waals surface area (Å²) < 4.78 is 1.81. The number of likely N-dealkylation sites (tertiary alicyclic amines) is 2. The van der Waals surface area contributed by atoms with E-state index in [0.29, 0.717) is 18.7 Å². The van der Waals surface area contributed by atoms with E-state index in [1.54, 1.807) is 6.20 Å². The van der Waals surface area contributed by atoms with E-state index in [0.717, 1.165) is 44.5 Å². The predicted octanol–water partition coefficient (Wildman–Crippen LogP) is 1.85. The smallest absolute Gasteiger partial charge is 0.257 e. The van der Waals surface area contributed by atoms with Gasteiger partial charge in [-0.2, -0.15) is 5.10 Å². The second kappa shape index (κ2) is 7.44. The normalized spacial score (nSPS) is 26.4. The van der Waals surface area contributed by atoms with E-state index in [4.69, 9.17) is 0 Å². The summed E-state index contributed by atoms with van der Waals surface area (Å²) >= 11 is 0. The van der Waals surface area contributed by atoms with Crippen LogP contribution >= 0.6 is 0 Å². The van der Waals surface area contributed by atoms with Gasteiger partial charge in [-0.05, 0) is 31.9 Å². The summed E-state index contributed by atoms with van der Waals surface area (Å²) in [5.41, 5.74) is 1.59. The van der Waals surface area contributed by atoms with Crippen LogP contribution in [-0.2, 0) is 6.54 Å². The third-order valence-corrected chi connectivity index (χ3v) is 6.04. The van der Waals surface area contributed by atoms with Crippen molar-refractivity contribution in [1.29, 1.82) is 0 Å². The molecule has 3 heterocycles. The molecule has 144 valence electrons. The second-order valence-electron chi connectivity index (χ2n) is 8.15. The lowest BCUT2D eigenvalue weighted by Crippen LogP contribution is -2.59. The monoisotopic (exact) mass is 368 g/mol. The van der Waals surface area contributed by atoms with Crippen molar-refractivity contribution in [3.63, 3.8) is 0 Å². The summed E-state index contributed by atoms with van der Waals surface area (Å²) in [5.74, 6) is 0.0220. The number of rotatable bonds is 3. The summed E-state index contributed by atoms with van der Waals surface area (Å²) in [5, 5.41) is 15.0. The maximum atomic E-state index is 13.1. The Bertz CT molecular complexity index is 790. The van der Waals surface area contributed by atoms with Crippen molar-refractivity contribution in [1.82, 2.24) is 19.6 Å². The molecule has 1 aromatic heterocycles. The molecular formula is C21H28N4O2. The molecule has 2 saturated heterocycles. The van der Waals surface area contributed by atoms with Crippen LogP contribution in [0.4, 0.5) is 0 Å². The van der Waals surface area contributed by atoms with Gasteiger partial charge in [-0.1, -0.05) is 30.3 Å². The molecule has 2 atom stereocenters. The van der Waals surface area contributed by atoms with Crippen LogP contribution in [0.5, 0.6) is 0 Å². The molecular weight excluding hydrogens is 340 g/mol. The fourth-order valence-electron chi connectivity index (χ4n) is 4.62. The van der Waals surface area contributed by atoms with E-state index >= 15 is 0 Å². The number of aromatic nitrogens is 2. The lowest BCUT2D eigenvalue weighted by molar-refractivity contribution is -0.0731. The zero-order valence-electron chi connectivity index (χ0n) is 15.9. The number of amides is 1. The van der Waals surface area contributed by atoms with Gasteiger partial charge in [-0.15, -0.1) is 0 Å². The average Bonchev–Trinajstić information content (AvgIpc) is 3.14. The molecule has 0 radical (unpaired) electrons. The maximum Gasteiger partial charge on any atom is 0.257 e. The molecule has 1 spiro atoms. The highest BCUT2D eigenvalue weighted by atomic mass is 16.3. The fourth-order valence-corrected chi connectivity index (χ4v) is 4.62. The number of hydrogen-bond acceptors (Lipinski definition) is 4. The minimum absolute atomic E-state index is 0.0220. The number of piperidine rings is 2. The number of hydrogen-bond donors (Lipinski definition) is 1. The van der Waals surface area contributed by atoms with Crippen molar-refractivity contribution >= 4 is 5.91 Å². The lowest BCUT2D eigenvalue weighted by atomic mass is 9.71. The number of nitrogens with zero attached hydrogens (tertiary/aromatic N) is 4. The Labute approximate surface area is 160 Å². The van der Waals surface area contributed by atoms with Crippen LogP contribution in [0.25, 0.3) is 0 Å². The summed E-state index contributed by atoms with van der Waals surface area (Å²) in [7, 11) is 2.10. The number of carbonyl (C=O) groups excluding carboxylic acids is 1. The Hall–Kier alpha value is -2.18. The first-order valence-electron chi connectivity index (χ1n) is 9.78. The first-order valence-corrected chi connectivity index (χ1v) is 9.78. The van der Waals surface area contributed by atoms with E-state index in [-0.39, 0.29) is 17.4 Å².